The molecule has 0 N–H and O–H groups in total. The first kappa shape index (κ1) is 22.7. The Morgan fingerprint density at radius 3 is 2.85 bits per heavy atom. The van der Waals surface area contributed by atoms with Crippen molar-refractivity contribution in [1.82, 2.24) is 4.90 Å². The summed E-state index contributed by atoms with van der Waals surface area (Å²) in [6.07, 6.45) is 7.08. The maximum atomic E-state index is 13.2. The highest BCUT2D eigenvalue weighted by molar-refractivity contribution is 5.92. The Labute approximate surface area is 194 Å². The molecule has 0 bridgehead atoms. The number of hydrogen-bond donors (Lipinski definition) is 0. The summed E-state index contributed by atoms with van der Waals surface area (Å²) in [5.74, 6) is 2.57. The molecule has 2 aliphatic heterocycles. The van der Waals surface area contributed by atoms with Crippen molar-refractivity contribution in [1.29, 1.82) is 0 Å². The summed E-state index contributed by atoms with van der Waals surface area (Å²) >= 11 is 0. The normalized spacial score (nSPS) is 16.7. The second-order valence-electron chi connectivity index (χ2n) is 7.88. The molecule has 1 amide bonds. The summed E-state index contributed by atoms with van der Waals surface area (Å²) in [6, 6.07) is 11.3. The Morgan fingerprint density at radius 1 is 1.18 bits per heavy atom. The molecule has 2 aromatic carbocycles. The smallest absolute Gasteiger partial charge is 0.246 e. The first-order chi connectivity index (χ1) is 16.2. The van der Waals surface area contributed by atoms with E-state index in [-0.39, 0.29) is 18.8 Å². The molecule has 7 heteroatoms. The van der Waals surface area contributed by atoms with Gasteiger partial charge in [-0.1, -0.05) is 24.8 Å². The Kier molecular flexibility index (Phi) is 7.52. The van der Waals surface area contributed by atoms with Crippen LogP contribution in [0.2, 0.25) is 0 Å². The molecule has 174 valence electrons. The molecule has 0 radical (unpaired) electrons. The summed E-state index contributed by atoms with van der Waals surface area (Å²) in [5, 5.41) is 0. The van der Waals surface area contributed by atoms with Crippen LogP contribution in [0.3, 0.4) is 0 Å². The fourth-order valence-corrected chi connectivity index (χ4v) is 3.85. The average molecular weight is 452 g/mol. The highest BCUT2D eigenvalue weighted by Crippen LogP contribution is 2.33. The van der Waals surface area contributed by atoms with Gasteiger partial charge >= 0.3 is 0 Å². The zero-order valence-electron chi connectivity index (χ0n) is 18.8. The predicted octanol–water partition coefficient (Wildman–Crippen LogP) is 4.21. The predicted molar refractivity (Wildman–Crippen MR) is 125 cm³/mol. The van der Waals surface area contributed by atoms with E-state index >= 15 is 0 Å². The fraction of sp³-hybridized carbons (Fsp3) is 0.346. The van der Waals surface area contributed by atoms with Crippen LogP contribution in [0, 0.1) is 0 Å². The van der Waals surface area contributed by atoms with E-state index in [0.717, 1.165) is 30.6 Å². The number of rotatable bonds is 10. The molecule has 0 aliphatic carbocycles. The summed E-state index contributed by atoms with van der Waals surface area (Å²) < 4.78 is 27.7. The highest BCUT2D eigenvalue weighted by Gasteiger charge is 2.22. The van der Waals surface area contributed by atoms with E-state index in [1.807, 2.05) is 36.4 Å². The van der Waals surface area contributed by atoms with Crippen LogP contribution in [-0.2, 0) is 16.1 Å². The summed E-state index contributed by atoms with van der Waals surface area (Å²) in [4.78, 5) is 15.0. The van der Waals surface area contributed by atoms with Gasteiger partial charge in [0.05, 0.1) is 13.2 Å². The van der Waals surface area contributed by atoms with E-state index in [0.29, 0.717) is 42.7 Å². The first-order valence-corrected chi connectivity index (χ1v) is 11.0. The van der Waals surface area contributed by atoms with Gasteiger partial charge in [-0.15, -0.1) is 0 Å². The number of fused-ring (bicyclic) bond motifs is 1. The Morgan fingerprint density at radius 2 is 2.06 bits per heavy atom. The minimum Gasteiger partial charge on any atom is -0.493 e. The van der Waals surface area contributed by atoms with Crippen molar-refractivity contribution in [2.75, 3.05) is 33.7 Å². The Hall–Kier alpha value is -3.45. The molecule has 0 spiro atoms. The largest absolute Gasteiger partial charge is 0.493 e. The summed E-state index contributed by atoms with van der Waals surface area (Å²) in [6.45, 7) is 5.98. The van der Waals surface area contributed by atoms with Gasteiger partial charge in [0.2, 0.25) is 12.7 Å². The first-order valence-electron chi connectivity index (χ1n) is 11.0. The minimum absolute atomic E-state index is 0.0463. The molecule has 0 aromatic heterocycles. The van der Waals surface area contributed by atoms with Crippen LogP contribution in [0.5, 0.6) is 23.0 Å². The molecular weight excluding hydrogens is 422 g/mol. The third kappa shape index (κ3) is 5.87. The van der Waals surface area contributed by atoms with Crippen LogP contribution < -0.4 is 18.9 Å². The lowest BCUT2D eigenvalue weighted by Crippen LogP contribution is -2.35. The van der Waals surface area contributed by atoms with E-state index in [9.17, 15) is 4.79 Å². The maximum absolute atomic E-state index is 13.2. The van der Waals surface area contributed by atoms with Crippen LogP contribution >= 0.6 is 0 Å². The zero-order chi connectivity index (χ0) is 23.0. The topological polar surface area (TPSA) is 66.5 Å². The number of carbonyl (C=O) groups is 1. The molecule has 4 rings (SSSR count). The second kappa shape index (κ2) is 10.9. The van der Waals surface area contributed by atoms with Crippen LogP contribution in [-0.4, -0.2) is 50.6 Å². The molecular formula is C26H29NO6. The van der Waals surface area contributed by atoms with Crippen molar-refractivity contribution < 1.29 is 28.5 Å². The summed E-state index contributed by atoms with van der Waals surface area (Å²) in [5.41, 5.74) is 1.82. The van der Waals surface area contributed by atoms with Gasteiger partial charge in [-0.3, -0.25) is 4.79 Å². The Bertz CT molecular complexity index is 1010. The van der Waals surface area contributed by atoms with Gasteiger partial charge in [-0.05, 0) is 54.3 Å². The standard InChI is InChI=1S/C26H29NO6/c1-3-12-31-22-10-7-20(15-24(22)29-2)16-27(17-21-5-4-13-30-21)26(28)11-8-19-6-9-23-25(14-19)33-18-32-23/h3,6-11,14-15,21H,1,4-5,12-13,16-18H2,2H3/b11-8+/t21-/m0/s1. The van der Waals surface area contributed by atoms with Gasteiger partial charge in [0.1, 0.15) is 6.61 Å². The zero-order valence-corrected chi connectivity index (χ0v) is 18.8. The van der Waals surface area contributed by atoms with Crippen molar-refractivity contribution in [3.05, 3.63) is 66.3 Å². The maximum Gasteiger partial charge on any atom is 0.246 e. The van der Waals surface area contributed by atoms with Crippen molar-refractivity contribution in [2.24, 2.45) is 0 Å². The van der Waals surface area contributed by atoms with E-state index < -0.39 is 0 Å². The number of nitrogens with zero attached hydrogens (tertiary/aromatic N) is 1. The van der Waals surface area contributed by atoms with Gasteiger partial charge in [0.15, 0.2) is 23.0 Å². The molecule has 0 saturated carbocycles. The third-order valence-corrected chi connectivity index (χ3v) is 5.53. The monoisotopic (exact) mass is 451 g/mol. The molecule has 2 aromatic rings. The van der Waals surface area contributed by atoms with Crippen LogP contribution in [0.4, 0.5) is 0 Å². The van der Waals surface area contributed by atoms with Gasteiger partial charge in [0.25, 0.3) is 0 Å². The number of benzene rings is 2. The van der Waals surface area contributed by atoms with E-state index in [2.05, 4.69) is 6.58 Å². The van der Waals surface area contributed by atoms with Crippen molar-refractivity contribution >= 4 is 12.0 Å². The lowest BCUT2D eigenvalue weighted by Gasteiger charge is -2.25. The quantitative estimate of drug-likeness (QED) is 0.398. The van der Waals surface area contributed by atoms with Gasteiger partial charge in [-0.2, -0.15) is 0 Å². The third-order valence-electron chi connectivity index (χ3n) is 5.53. The molecule has 33 heavy (non-hydrogen) atoms. The van der Waals surface area contributed by atoms with E-state index in [1.165, 1.54) is 0 Å². The van der Waals surface area contributed by atoms with Crippen molar-refractivity contribution in [3.63, 3.8) is 0 Å². The molecule has 2 heterocycles. The minimum atomic E-state index is -0.0888. The van der Waals surface area contributed by atoms with Crippen molar-refractivity contribution in [2.45, 2.75) is 25.5 Å². The summed E-state index contributed by atoms with van der Waals surface area (Å²) in [7, 11) is 1.60. The highest BCUT2D eigenvalue weighted by atomic mass is 16.7. The van der Waals surface area contributed by atoms with Gasteiger partial charge < -0.3 is 28.6 Å². The molecule has 7 nitrogen and oxygen atoms in total. The van der Waals surface area contributed by atoms with Gasteiger partial charge in [0, 0.05) is 25.8 Å². The molecule has 2 aliphatic rings. The van der Waals surface area contributed by atoms with Crippen LogP contribution in [0.25, 0.3) is 6.08 Å². The van der Waals surface area contributed by atoms with E-state index in [1.54, 1.807) is 30.2 Å². The van der Waals surface area contributed by atoms with Crippen molar-refractivity contribution in [3.8, 4) is 23.0 Å². The lowest BCUT2D eigenvalue weighted by molar-refractivity contribution is -0.128. The lowest BCUT2D eigenvalue weighted by atomic mass is 10.1. The Balaban J connectivity index is 1.49. The molecule has 1 saturated heterocycles. The molecule has 1 fully saturated rings. The number of hydrogen-bond acceptors (Lipinski definition) is 6. The van der Waals surface area contributed by atoms with E-state index in [4.69, 9.17) is 23.7 Å². The SMILES string of the molecule is C=CCOc1ccc(CN(C[C@@H]2CCCO2)C(=O)/C=C/c2ccc3c(c2)OCO3)cc1OC. The number of methoxy groups -OCH3 is 1. The fourth-order valence-electron chi connectivity index (χ4n) is 3.85. The van der Waals surface area contributed by atoms with Gasteiger partial charge in [-0.25, -0.2) is 0 Å². The van der Waals surface area contributed by atoms with Crippen LogP contribution in [0.1, 0.15) is 24.0 Å². The number of amides is 1. The number of carbonyl (C=O) groups excluding carboxylic acids is 1. The molecule has 1 atom stereocenters. The van der Waals surface area contributed by atoms with Crippen LogP contribution in [0.15, 0.2) is 55.1 Å². The second-order valence-corrected chi connectivity index (χ2v) is 7.88. The molecule has 0 unspecified atom stereocenters. The average Bonchev–Trinajstić information content (AvgIpc) is 3.52. The number of ether oxygens (including phenoxy) is 5.